The van der Waals surface area contributed by atoms with E-state index in [1.165, 1.54) is 0 Å². The SMILES string of the molecule is N#Cc1ccncc1.[N]. The smallest absolute Gasteiger partial charge is 0.0992 e. The Morgan fingerprint density at radius 1 is 1.33 bits per heavy atom. The molecule has 0 aliphatic heterocycles. The van der Waals surface area contributed by atoms with Gasteiger partial charge in [-0.25, -0.2) is 0 Å². The fourth-order valence-electron chi connectivity index (χ4n) is 0.426. The van der Waals surface area contributed by atoms with Gasteiger partial charge in [0.05, 0.1) is 11.6 Å². The van der Waals surface area contributed by atoms with E-state index in [9.17, 15) is 0 Å². The average Bonchev–Trinajstić information content (AvgIpc) is 1.90. The van der Waals surface area contributed by atoms with E-state index in [1.54, 1.807) is 24.5 Å². The van der Waals surface area contributed by atoms with Gasteiger partial charge in [-0.2, -0.15) is 5.26 Å². The van der Waals surface area contributed by atoms with Gasteiger partial charge in [0.1, 0.15) is 0 Å². The van der Waals surface area contributed by atoms with E-state index in [4.69, 9.17) is 5.26 Å². The molecule has 1 heterocycles. The van der Waals surface area contributed by atoms with Gasteiger partial charge in [0.15, 0.2) is 0 Å². The van der Waals surface area contributed by atoms with Crippen LogP contribution in [0.5, 0.6) is 0 Å². The van der Waals surface area contributed by atoms with E-state index in [-0.39, 0.29) is 6.15 Å². The Hall–Kier alpha value is -1.40. The third kappa shape index (κ3) is 1.89. The van der Waals surface area contributed by atoms with E-state index in [0.29, 0.717) is 5.56 Å². The summed E-state index contributed by atoms with van der Waals surface area (Å²) < 4.78 is 0. The maximum absolute atomic E-state index is 8.26. The Balaban J connectivity index is 0.000000640. The Morgan fingerprint density at radius 2 is 1.89 bits per heavy atom. The molecule has 0 atom stereocenters. The molecule has 1 aromatic heterocycles. The van der Waals surface area contributed by atoms with Gasteiger partial charge in [-0.05, 0) is 12.1 Å². The predicted octanol–water partition coefficient (Wildman–Crippen LogP) is 0.473. The highest BCUT2D eigenvalue weighted by molar-refractivity contribution is 5.24. The van der Waals surface area contributed by atoms with Crippen molar-refractivity contribution < 1.29 is 0 Å². The third-order valence-electron chi connectivity index (χ3n) is 0.809. The van der Waals surface area contributed by atoms with Crippen LogP contribution in [0.4, 0.5) is 0 Å². The van der Waals surface area contributed by atoms with E-state index in [1.807, 2.05) is 6.07 Å². The van der Waals surface area contributed by atoms with Gasteiger partial charge in [0, 0.05) is 18.5 Å². The molecule has 9 heavy (non-hydrogen) atoms. The molecule has 0 amide bonds. The van der Waals surface area contributed by atoms with E-state index in [2.05, 4.69) is 4.98 Å². The van der Waals surface area contributed by atoms with Crippen LogP contribution in [0.15, 0.2) is 24.5 Å². The van der Waals surface area contributed by atoms with Crippen molar-refractivity contribution in [1.29, 1.82) is 5.26 Å². The van der Waals surface area contributed by atoms with Crippen LogP contribution >= 0.6 is 0 Å². The van der Waals surface area contributed by atoms with Crippen molar-refractivity contribution in [2.45, 2.75) is 0 Å². The van der Waals surface area contributed by atoms with Crippen LogP contribution in [-0.2, 0) is 0 Å². The molecule has 3 heteroatoms. The predicted molar refractivity (Wildman–Crippen MR) is 31.1 cm³/mol. The minimum Gasteiger partial charge on any atom is -0.265 e. The average molecular weight is 118 g/mol. The zero-order chi connectivity index (χ0) is 5.82. The molecule has 0 spiro atoms. The maximum atomic E-state index is 8.26. The van der Waals surface area contributed by atoms with Gasteiger partial charge in [-0.3, -0.25) is 4.98 Å². The lowest BCUT2D eigenvalue weighted by atomic mass is 10.3. The summed E-state index contributed by atoms with van der Waals surface area (Å²) in [6.07, 6.45) is 3.19. The molecule has 0 saturated heterocycles. The fraction of sp³-hybridized carbons (Fsp3) is 0. The van der Waals surface area contributed by atoms with E-state index in [0.717, 1.165) is 0 Å². The highest BCUT2D eigenvalue weighted by Crippen LogP contribution is 1.89. The second-order valence-corrected chi connectivity index (χ2v) is 1.35. The molecule has 0 aliphatic rings. The summed E-state index contributed by atoms with van der Waals surface area (Å²) in [5.74, 6) is 0. The van der Waals surface area contributed by atoms with Gasteiger partial charge >= 0.3 is 0 Å². The molecular formula is C6H4N3. The van der Waals surface area contributed by atoms with Gasteiger partial charge in [-0.1, -0.05) is 0 Å². The lowest BCUT2D eigenvalue weighted by Gasteiger charge is -1.79. The molecule has 0 aliphatic carbocycles. The summed E-state index contributed by atoms with van der Waals surface area (Å²) in [4.78, 5) is 3.74. The standard InChI is InChI=1S/C6H4N2.N/c7-5-6-1-3-8-4-2-6;/h1-4H;. The first-order chi connectivity index (χ1) is 3.93. The van der Waals surface area contributed by atoms with Crippen molar-refractivity contribution >= 4 is 0 Å². The summed E-state index contributed by atoms with van der Waals surface area (Å²) in [5, 5.41) is 8.26. The summed E-state index contributed by atoms with van der Waals surface area (Å²) in [6, 6.07) is 5.32. The highest BCUT2D eigenvalue weighted by atomic mass is 14.6. The normalized spacial score (nSPS) is 7.00. The Kier molecular flexibility index (Phi) is 3.03. The molecule has 0 fully saturated rings. The maximum Gasteiger partial charge on any atom is 0.0992 e. The number of nitrogens with zero attached hydrogens (tertiary/aromatic N) is 3. The summed E-state index contributed by atoms with van der Waals surface area (Å²) >= 11 is 0. The van der Waals surface area contributed by atoms with Crippen LogP contribution in [0, 0.1) is 11.3 Å². The van der Waals surface area contributed by atoms with Crippen LogP contribution < -0.4 is 6.15 Å². The monoisotopic (exact) mass is 118 g/mol. The van der Waals surface area contributed by atoms with Crippen molar-refractivity contribution in [1.82, 2.24) is 11.1 Å². The molecule has 3 radical (unpaired) electrons. The Bertz CT molecular complexity index is 199. The molecule has 43 valence electrons. The third-order valence-corrected chi connectivity index (χ3v) is 0.809. The Morgan fingerprint density at radius 3 is 2.22 bits per heavy atom. The number of hydrogen-bond donors (Lipinski definition) is 0. The van der Waals surface area contributed by atoms with Crippen LogP contribution in [-0.4, -0.2) is 4.98 Å². The van der Waals surface area contributed by atoms with Gasteiger partial charge in [0.25, 0.3) is 0 Å². The van der Waals surface area contributed by atoms with Crippen molar-refractivity contribution in [3.05, 3.63) is 30.1 Å². The number of hydrogen-bond acceptors (Lipinski definition) is 2. The van der Waals surface area contributed by atoms with Crippen molar-refractivity contribution in [3.8, 4) is 6.07 Å². The lowest BCUT2D eigenvalue weighted by molar-refractivity contribution is 1.31. The van der Waals surface area contributed by atoms with Crippen molar-refractivity contribution in [2.75, 3.05) is 0 Å². The van der Waals surface area contributed by atoms with Crippen molar-refractivity contribution in [3.63, 3.8) is 0 Å². The summed E-state index contributed by atoms with van der Waals surface area (Å²) in [5.41, 5.74) is 0.653. The topological polar surface area (TPSA) is 67.2 Å². The molecule has 0 N–H and O–H groups in total. The first-order valence-corrected chi connectivity index (χ1v) is 2.23. The minimum atomic E-state index is 0. The van der Waals surface area contributed by atoms with Crippen LogP contribution in [0.1, 0.15) is 5.56 Å². The van der Waals surface area contributed by atoms with Crippen molar-refractivity contribution in [2.24, 2.45) is 0 Å². The zero-order valence-corrected chi connectivity index (χ0v) is 4.65. The van der Waals surface area contributed by atoms with Crippen LogP contribution in [0.25, 0.3) is 0 Å². The highest BCUT2D eigenvalue weighted by Gasteiger charge is 1.80. The van der Waals surface area contributed by atoms with Gasteiger partial charge in [0.2, 0.25) is 0 Å². The quantitative estimate of drug-likeness (QED) is 0.497. The second-order valence-electron chi connectivity index (χ2n) is 1.35. The fourth-order valence-corrected chi connectivity index (χ4v) is 0.426. The molecular weight excluding hydrogens is 114 g/mol. The molecule has 1 rings (SSSR count). The number of pyridine rings is 1. The minimum absolute atomic E-state index is 0. The number of aromatic nitrogens is 1. The first kappa shape index (κ1) is 7.60. The van der Waals surface area contributed by atoms with Gasteiger partial charge in [-0.15, -0.1) is 0 Å². The van der Waals surface area contributed by atoms with Gasteiger partial charge < -0.3 is 0 Å². The Labute approximate surface area is 53.5 Å². The summed E-state index contributed by atoms with van der Waals surface area (Å²) in [7, 11) is 0. The second kappa shape index (κ2) is 3.58. The molecule has 0 unspecified atom stereocenters. The molecule has 0 bridgehead atoms. The lowest BCUT2D eigenvalue weighted by Crippen LogP contribution is -1.71. The molecule has 3 nitrogen and oxygen atoms in total. The van der Waals surface area contributed by atoms with E-state index >= 15 is 0 Å². The summed E-state index contributed by atoms with van der Waals surface area (Å²) in [6.45, 7) is 0. The molecule has 0 aromatic carbocycles. The molecule has 1 aromatic rings. The number of nitriles is 1. The van der Waals surface area contributed by atoms with Crippen LogP contribution in [0.2, 0.25) is 0 Å². The molecule has 0 saturated carbocycles. The largest absolute Gasteiger partial charge is 0.265 e. The zero-order valence-electron chi connectivity index (χ0n) is 4.65. The number of rotatable bonds is 0. The van der Waals surface area contributed by atoms with E-state index < -0.39 is 0 Å². The van der Waals surface area contributed by atoms with Crippen LogP contribution in [0.3, 0.4) is 0 Å². The first-order valence-electron chi connectivity index (χ1n) is 2.23.